The molecule has 0 saturated heterocycles. The molecule has 6 rings (SSSR count). The van der Waals surface area contributed by atoms with Gasteiger partial charge in [-0.3, -0.25) is 5.10 Å². The van der Waals surface area contributed by atoms with Crippen LogP contribution in [0.1, 0.15) is 33.4 Å². The van der Waals surface area contributed by atoms with Crippen LogP contribution in [0.25, 0.3) is 33.3 Å². The molecule has 0 amide bonds. The summed E-state index contributed by atoms with van der Waals surface area (Å²) in [5.41, 5.74) is 7.66. The van der Waals surface area contributed by atoms with Crippen LogP contribution in [-0.4, -0.2) is 35.2 Å². The van der Waals surface area contributed by atoms with Gasteiger partial charge < -0.3 is 10.2 Å². The highest BCUT2D eigenvalue weighted by Gasteiger charge is 2.25. The summed E-state index contributed by atoms with van der Waals surface area (Å²) in [7, 11) is 2.11. The van der Waals surface area contributed by atoms with E-state index in [1.807, 2.05) is 0 Å². The Labute approximate surface area is 202 Å². The Balaban J connectivity index is 1.56. The lowest BCUT2D eigenvalue weighted by Gasteiger charge is -2.26. The van der Waals surface area contributed by atoms with Gasteiger partial charge in [-0.05, 0) is 85.9 Å². The highest BCUT2D eigenvalue weighted by molar-refractivity contribution is 5.97. The summed E-state index contributed by atoms with van der Waals surface area (Å²) >= 11 is 0. The van der Waals surface area contributed by atoms with Crippen molar-refractivity contribution in [1.29, 1.82) is 5.26 Å². The maximum Gasteiger partial charge on any atom is 0.138 e. The lowest BCUT2D eigenvalue weighted by Crippen LogP contribution is -2.27. The molecule has 2 N–H and O–H groups in total. The number of benzene rings is 3. The van der Waals surface area contributed by atoms with Crippen molar-refractivity contribution >= 4 is 10.9 Å². The summed E-state index contributed by atoms with van der Waals surface area (Å²) < 4.78 is 30.9. The predicted molar refractivity (Wildman–Crippen MR) is 132 cm³/mol. The molecule has 0 spiro atoms. The second-order valence-electron chi connectivity index (χ2n) is 9.66. The molecule has 0 aliphatic carbocycles. The van der Waals surface area contributed by atoms with Crippen molar-refractivity contribution < 1.29 is 8.78 Å². The molecule has 0 radical (unpaired) electrons. The van der Waals surface area contributed by atoms with Crippen molar-refractivity contribution in [3.63, 3.8) is 0 Å². The molecule has 0 atom stereocenters. The van der Waals surface area contributed by atoms with Crippen LogP contribution in [0.2, 0.25) is 0 Å². The van der Waals surface area contributed by atoms with Gasteiger partial charge in [0, 0.05) is 41.7 Å². The largest absolute Gasteiger partial charge is 0.312 e. The molecule has 0 fully saturated rings. The van der Waals surface area contributed by atoms with E-state index in [-0.39, 0.29) is 16.7 Å². The Morgan fingerprint density at radius 2 is 1.91 bits per heavy atom. The van der Waals surface area contributed by atoms with Crippen LogP contribution in [0, 0.1) is 29.9 Å². The standard InChI is InChI=1S/C28H25F2N5/c1-15-7-17(8-19-14-35(2)6-4-20(15)19)28-22-11-21(18(12-31)10-25(22)33-34-28)26-24(29)9-16-3-5-32-13-23(16)27(26)30/h7-11,32H,3-6,13-14H2,1-2H3,(H,33,34). The molecule has 0 bridgehead atoms. The fraction of sp³-hybridized carbons (Fsp3) is 0.286. The average molecular weight is 470 g/mol. The normalized spacial score (nSPS) is 15.6. The van der Waals surface area contributed by atoms with Crippen molar-refractivity contribution in [1.82, 2.24) is 20.4 Å². The zero-order chi connectivity index (χ0) is 24.3. The molecule has 35 heavy (non-hydrogen) atoms. The summed E-state index contributed by atoms with van der Waals surface area (Å²) in [6.07, 6.45) is 1.59. The zero-order valence-corrected chi connectivity index (χ0v) is 19.7. The minimum Gasteiger partial charge on any atom is -0.312 e. The van der Waals surface area contributed by atoms with E-state index < -0.39 is 11.6 Å². The summed E-state index contributed by atoms with van der Waals surface area (Å²) in [6, 6.07) is 11.2. The molecule has 0 unspecified atom stereocenters. The van der Waals surface area contributed by atoms with Gasteiger partial charge in [0.25, 0.3) is 0 Å². The van der Waals surface area contributed by atoms with Gasteiger partial charge in [0.05, 0.1) is 28.4 Å². The first-order valence-corrected chi connectivity index (χ1v) is 11.9. The number of likely N-dealkylation sites (N-methyl/N-ethyl adjacent to an activating group) is 1. The van der Waals surface area contributed by atoms with Gasteiger partial charge in [-0.25, -0.2) is 8.78 Å². The van der Waals surface area contributed by atoms with Crippen molar-refractivity contribution in [2.45, 2.75) is 32.9 Å². The third-order valence-corrected chi connectivity index (χ3v) is 7.40. The number of aromatic amines is 1. The number of aryl methyl sites for hydroxylation is 1. The zero-order valence-electron chi connectivity index (χ0n) is 19.7. The first-order valence-electron chi connectivity index (χ1n) is 11.9. The van der Waals surface area contributed by atoms with E-state index in [0.29, 0.717) is 41.8 Å². The molecule has 3 aromatic carbocycles. The number of halogens is 2. The lowest BCUT2D eigenvalue weighted by molar-refractivity contribution is 0.312. The molecule has 2 aliphatic heterocycles. The average Bonchev–Trinajstić information content (AvgIpc) is 3.26. The van der Waals surface area contributed by atoms with E-state index in [4.69, 9.17) is 0 Å². The second-order valence-corrected chi connectivity index (χ2v) is 9.66. The predicted octanol–water partition coefficient (Wildman–Crippen LogP) is 4.99. The number of hydrogen-bond donors (Lipinski definition) is 2. The van der Waals surface area contributed by atoms with E-state index in [9.17, 15) is 5.26 Å². The Morgan fingerprint density at radius 3 is 2.74 bits per heavy atom. The summed E-state index contributed by atoms with van der Waals surface area (Å²) in [5.74, 6) is -1.24. The number of hydrogen-bond acceptors (Lipinski definition) is 4. The Morgan fingerprint density at radius 1 is 1.06 bits per heavy atom. The van der Waals surface area contributed by atoms with Gasteiger partial charge >= 0.3 is 0 Å². The first-order chi connectivity index (χ1) is 16.9. The van der Waals surface area contributed by atoms with Gasteiger partial charge in [0.15, 0.2) is 0 Å². The Bertz CT molecular complexity index is 1550. The van der Waals surface area contributed by atoms with Crippen LogP contribution in [0.4, 0.5) is 8.78 Å². The number of H-pyrrole nitrogens is 1. The molecular formula is C28H25F2N5. The Hall–Kier alpha value is -3.60. The van der Waals surface area contributed by atoms with Crippen LogP contribution in [0.3, 0.4) is 0 Å². The number of aromatic nitrogens is 2. The number of nitrogens with zero attached hydrogens (tertiary/aromatic N) is 3. The highest BCUT2D eigenvalue weighted by atomic mass is 19.1. The molecule has 7 heteroatoms. The van der Waals surface area contributed by atoms with E-state index >= 15 is 8.78 Å². The van der Waals surface area contributed by atoms with Crippen LogP contribution in [0.5, 0.6) is 0 Å². The molecule has 176 valence electrons. The van der Waals surface area contributed by atoms with Gasteiger partial charge in [0.1, 0.15) is 11.6 Å². The van der Waals surface area contributed by atoms with Gasteiger partial charge in [-0.2, -0.15) is 10.4 Å². The molecule has 0 saturated carbocycles. The summed E-state index contributed by atoms with van der Waals surface area (Å²) in [6.45, 7) is 5.06. The highest BCUT2D eigenvalue weighted by Crippen LogP contribution is 2.38. The monoisotopic (exact) mass is 469 g/mol. The quantitative estimate of drug-likeness (QED) is 0.434. The molecular weight excluding hydrogens is 444 g/mol. The van der Waals surface area contributed by atoms with Crippen molar-refractivity contribution in [3.05, 3.63) is 75.3 Å². The maximum atomic E-state index is 15.6. The SMILES string of the molecule is Cc1cc(-c2n[nH]c3cc(C#N)c(-c4c(F)cc5c(c4F)CNCC5)cc23)cc2c1CCN(C)C2. The third-order valence-electron chi connectivity index (χ3n) is 7.40. The second kappa shape index (κ2) is 8.26. The van der Waals surface area contributed by atoms with Gasteiger partial charge in [-0.1, -0.05) is 0 Å². The van der Waals surface area contributed by atoms with E-state index in [1.54, 1.807) is 12.1 Å². The third kappa shape index (κ3) is 3.53. The van der Waals surface area contributed by atoms with Crippen LogP contribution in [0.15, 0.2) is 30.3 Å². The molecule has 3 heterocycles. The lowest BCUT2D eigenvalue weighted by atomic mass is 9.89. The van der Waals surface area contributed by atoms with Crippen molar-refractivity contribution in [2.24, 2.45) is 0 Å². The molecule has 5 nitrogen and oxygen atoms in total. The fourth-order valence-electron chi connectivity index (χ4n) is 5.59. The topological polar surface area (TPSA) is 67.7 Å². The minimum atomic E-state index is -0.642. The number of fused-ring (bicyclic) bond motifs is 3. The van der Waals surface area contributed by atoms with Crippen LogP contribution in [-0.2, 0) is 25.9 Å². The molecule has 2 aliphatic rings. The van der Waals surface area contributed by atoms with Crippen LogP contribution < -0.4 is 5.32 Å². The number of nitriles is 1. The van der Waals surface area contributed by atoms with Gasteiger partial charge in [0.2, 0.25) is 0 Å². The number of nitrogens with one attached hydrogen (secondary N) is 2. The summed E-state index contributed by atoms with van der Waals surface area (Å²) in [4.78, 5) is 2.29. The van der Waals surface area contributed by atoms with Gasteiger partial charge in [-0.15, -0.1) is 0 Å². The van der Waals surface area contributed by atoms with E-state index in [2.05, 4.69) is 52.6 Å². The number of rotatable bonds is 2. The first kappa shape index (κ1) is 21.9. The van der Waals surface area contributed by atoms with E-state index in [0.717, 1.165) is 30.5 Å². The van der Waals surface area contributed by atoms with E-state index in [1.165, 1.54) is 22.8 Å². The smallest absolute Gasteiger partial charge is 0.138 e. The Kier molecular flexibility index (Phi) is 5.17. The van der Waals surface area contributed by atoms with Crippen molar-refractivity contribution in [3.8, 4) is 28.5 Å². The minimum absolute atomic E-state index is 0.152. The maximum absolute atomic E-state index is 15.6. The summed E-state index contributed by atoms with van der Waals surface area (Å²) in [5, 5.41) is 21.3. The molecule has 4 aromatic rings. The van der Waals surface area contributed by atoms with Crippen LogP contribution >= 0.6 is 0 Å². The molecule has 1 aromatic heterocycles. The fourth-order valence-corrected chi connectivity index (χ4v) is 5.59. The van der Waals surface area contributed by atoms with Crippen molar-refractivity contribution in [2.75, 3.05) is 20.1 Å².